The third kappa shape index (κ3) is 3.55. The highest BCUT2D eigenvalue weighted by Crippen LogP contribution is 2.36. The van der Waals surface area contributed by atoms with Crippen LogP contribution in [0.5, 0.6) is 0 Å². The highest BCUT2D eigenvalue weighted by molar-refractivity contribution is 7.12. The van der Waals surface area contributed by atoms with Gasteiger partial charge in [-0.2, -0.15) is 0 Å². The van der Waals surface area contributed by atoms with Crippen LogP contribution in [0.4, 0.5) is 0 Å². The summed E-state index contributed by atoms with van der Waals surface area (Å²) in [6, 6.07) is 1.83. The van der Waals surface area contributed by atoms with Gasteiger partial charge in [0.15, 0.2) is 5.78 Å². The number of carbonyl (C=O) groups is 2. The number of ether oxygens (including phenoxy) is 2. The lowest BCUT2D eigenvalue weighted by molar-refractivity contribution is -0.188. The molecule has 1 aromatic rings. The average molecular weight is 351 g/mol. The van der Waals surface area contributed by atoms with Crippen molar-refractivity contribution in [2.75, 3.05) is 26.8 Å². The Morgan fingerprint density at radius 2 is 2.17 bits per heavy atom. The summed E-state index contributed by atoms with van der Waals surface area (Å²) >= 11 is 1.41. The van der Waals surface area contributed by atoms with E-state index < -0.39 is 0 Å². The lowest BCUT2D eigenvalue weighted by atomic mass is 9.81. The highest BCUT2D eigenvalue weighted by atomic mass is 32.1. The van der Waals surface area contributed by atoms with E-state index in [1.807, 2.05) is 16.3 Å². The van der Waals surface area contributed by atoms with E-state index in [1.165, 1.54) is 11.3 Å². The molecule has 0 N–H and O–H groups in total. The van der Waals surface area contributed by atoms with E-state index in [2.05, 4.69) is 0 Å². The highest BCUT2D eigenvalue weighted by Gasteiger charge is 2.45. The van der Waals surface area contributed by atoms with Crippen LogP contribution >= 0.6 is 11.3 Å². The Bertz CT molecular complexity index is 604. The second-order valence-corrected chi connectivity index (χ2v) is 7.62. The maximum absolute atomic E-state index is 12.5. The number of rotatable bonds is 4. The number of amides is 1. The molecule has 2 aliphatic heterocycles. The number of hydrogen-bond donors (Lipinski definition) is 0. The van der Waals surface area contributed by atoms with Gasteiger partial charge in [0.1, 0.15) is 0 Å². The van der Waals surface area contributed by atoms with Crippen molar-refractivity contribution in [2.24, 2.45) is 0 Å². The molecule has 0 radical (unpaired) electrons. The monoisotopic (exact) mass is 351 g/mol. The van der Waals surface area contributed by atoms with Crippen LogP contribution in [0.2, 0.25) is 0 Å². The minimum absolute atomic E-state index is 0.0543. The van der Waals surface area contributed by atoms with Gasteiger partial charge in [0.2, 0.25) is 5.91 Å². The van der Waals surface area contributed by atoms with Crippen LogP contribution in [0, 0.1) is 0 Å². The summed E-state index contributed by atoms with van der Waals surface area (Å²) in [4.78, 5) is 26.5. The average Bonchev–Trinajstić information content (AvgIpc) is 3.05. The topological polar surface area (TPSA) is 55.8 Å². The molecule has 1 unspecified atom stereocenters. The Kier molecular flexibility index (Phi) is 5.37. The molecule has 0 bridgehead atoms. The zero-order valence-electron chi connectivity index (χ0n) is 14.4. The summed E-state index contributed by atoms with van der Waals surface area (Å²) in [6.07, 6.45) is 4.25. The molecule has 0 saturated carbocycles. The fourth-order valence-electron chi connectivity index (χ4n) is 3.77. The van der Waals surface area contributed by atoms with E-state index in [0.29, 0.717) is 24.4 Å². The largest absolute Gasteiger partial charge is 0.378 e. The summed E-state index contributed by atoms with van der Waals surface area (Å²) in [5.41, 5.74) is 0.715. The predicted octanol–water partition coefficient (Wildman–Crippen LogP) is 2.68. The molecule has 2 fully saturated rings. The first-order valence-electron chi connectivity index (χ1n) is 8.57. The molecule has 1 aromatic heterocycles. The van der Waals surface area contributed by atoms with Crippen LogP contribution in [0.25, 0.3) is 0 Å². The lowest BCUT2D eigenvalue weighted by Crippen LogP contribution is -2.56. The first-order chi connectivity index (χ1) is 11.5. The molecule has 132 valence electrons. The van der Waals surface area contributed by atoms with Crippen LogP contribution in [0.3, 0.4) is 0 Å². The van der Waals surface area contributed by atoms with Crippen molar-refractivity contribution in [1.29, 1.82) is 0 Å². The Morgan fingerprint density at radius 1 is 1.42 bits per heavy atom. The van der Waals surface area contributed by atoms with Gasteiger partial charge in [-0.15, -0.1) is 11.3 Å². The first-order valence-corrected chi connectivity index (χ1v) is 9.45. The molecule has 3 heterocycles. The minimum Gasteiger partial charge on any atom is -0.378 e. The number of methoxy groups -OCH3 is 1. The van der Waals surface area contributed by atoms with Gasteiger partial charge in [-0.3, -0.25) is 9.59 Å². The van der Waals surface area contributed by atoms with Crippen molar-refractivity contribution in [1.82, 2.24) is 4.90 Å². The number of likely N-dealkylation sites (tertiary alicyclic amines) is 1. The fraction of sp³-hybridized carbons (Fsp3) is 0.667. The van der Waals surface area contributed by atoms with Crippen molar-refractivity contribution in [3.8, 4) is 0 Å². The van der Waals surface area contributed by atoms with E-state index in [0.717, 1.165) is 37.9 Å². The van der Waals surface area contributed by atoms with E-state index in [4.69, 9.17) is 9.47 Å². The van der Waals surface area contributed by atoms with Gasteiger partial charge >= 0.3 is 0 Å². The smallest absolute Gasteiger partial charge is 0.227 e. The molecule has 24 heavy (non-hydrogen) atoms. The van der Waals surface area contributed by atoms with Crippen molar-refractivity contribution in [3.05, 3.63) is 21.9 Å². The predicted molar refractivity (Wildman–Crippen MR) is 92.6 cm³/mol. The normalized spacial score (nSPS) is 23.4. The van der Waals surface area contributed by atoms with Gasteiger partial charge in [0.25, 0.3) is 0 Å². The Balaban J connectivity index is 1.57. The minimum atomic E-state index is -0.214. The molecule has 1 spiro atoms. The summed E-state index contributed by atoms with van der Waals surface area (Å²) < 4.78 is 11.7. The summed E-state index contributed by atoms with van der Waals surface area (Å²) in [5, 5.41) is 1.91. The molecule has 1 atom stereocenters. The number of piperidine rings is 1. The zero-order valence-corrected chi connectivity index (χ0v) is 15.2. The lowest BCUT2D eigenvalue weighted by Gasteiger charge is -2.48. The van der Waals surface area contributed by atoms with Crippen LogP contribution in [-0.4, -0.2) is 55.1 Å². The second kappa shape index (κ2) is 7.33. The third-order valence-corrected chi connectivity index (χ3v) is 6.27. The second-order valence-electron chi connectivity index (χ2n) is 6.71. The van der Waals surface area contributed by atoms with Gasteiger partial charge in [-0.25, -0.2) is 0 Å². The van der Waals surface area contributed by atoms with Gasteiger partial charge in [-0.05, 0) is 49.6 Å². The number of Topliss-reactive ketones (excluding diaryl/α,β-unsaturated/α-hetero) is 1. The number of thiophene rings is 1. The van der Waals surface area contributed by atoms with Crippen LogP contribution in [-0.2, 0) is 20.7 Å². The van der Waals surface area contributed by atoms with E-state index >= 15 is 0 Å². The maximum atomic E-state index is 12.5. The number of ketones is 1. The standard InChI is InChI=1S/C18H25NO4S/c1-13(20)15-10-14(12-24-15)11-17(21)19-7-5-18(6-8-19)16(22-2)4-3-9-23-18/h10,12,16H,3-9,11H2,1-2H3. The SMILES string of the molecule is COC1CCCOC12CCN(C(=O)Cc1csc(C(C)=O)c1)CC2. The molecule has 0 aromatic carbocycles. The molecule has 2 aliphatic rings. The van der Waals surface area contributed by atoms with Gasteiger partial charge in [0, 0.05) is 26.8 Å². The zero-order chi connectivity index (χ0) is 17.2. The summed E-state index contributed by atoms with van der Waals surface area (Å²) in [6.45, 7) is 3.76. The fourth-order valence-corrected chi connectivity index (χ4v) is 4.59. The van der Waals surface area contributed by atoms with Crippen molar-refractivity contribution < 1.29 is 19.1 Å². The molecule has 3 rings (SSSR count). The van der Waals surface area contributed by atoms with Gasteiger partial charge in [0.05, 0.1) is 23.0 Å². The molecule has 0 aliphatic carbocycles. The van der Waals surface area contributed by atoms with Crippen molar-refractivity contribution in [3.63, 3.8) is 0 Å². The molecular formula is C18H25NO4S. The van der Waals surface area contributed by atoms with Crippen molar-refractivity contribution >= 4 is 23.0 Å². The molecule has 5 nitrogen and oxygen atoms in total. The first kappa shape index (κ1) is 17.6. The molecule has 6 heteroatoms. The number of carbonyl (C=O) groups excluding carboxylic acids is 2. The summed E-state index contributed by atoms with van der Waals surface area (Å²) in [7, 11) is 1.75. The number of hydrogen-bond acceptors (Lipinski definition) is 5. The number of nitrogens with zero attached hydrogens (tertiary/aromatic N) is 1. The Morgan fingerprint density at radius 3 is 2.79 bits per heavy atom. The summed E-state index contributed by atoms with van der Waals surface area (Å²) in [5.74, 6) is 0.182. The van der Waals surface area contributed by atoms with E-state index in [-0.39, 0.29) is 23.4 Å². The van der Waals surface area contributed by atoms with E-state index in [9.17, 15) is 9.59 Å². The Labute approximate surface area is 146 Å². The van der Waals surface area contributed by atoms with Crippen LogP contribution < -0.4 is 0 Å². The molecular weight excluding hydrogens is 326 g/mol. The molecule has 1 amide bonds. The van der Waals surface area contributed by atoms with Crippen LogP contribution in [0.1, 0.15) is 47.8 Å². The maximum Gasteiger partial charge on any atom is 0.227 e. The van der Waals surface area contributed by atoms with E-state index in [1.54, 1.807) is 14.0 Å². The van der Waals surface area contributed by atoms with Gasteiger partial charge in [-0.1, -0.05) is 0 Å². The Hall–Kier alpha value is -1.24. The third-order valence-electron chi connectivity index (χ3n) is 5.19. The van der Waals surface area contributed by atoms with Crippen molar-refractivity contribution in [2.45, 2.75) is 50.7 Å². The van der Waals surface area contributed by atoms with Crippen LogP contribution in [0.15, 0.2) is 11.4 Å². The van der Waals surface area contributed by atoms with Gasteiger partial charge < -0.3 is 14.4 Å². The quantitative estimate of drug-likeness (QED) is 0.783. The molecule has 2 saturated heterocycles.